The summed E-state index contributed by atoms with van der Waals surface area (Å²) in [5, 5.41) is 3.44. The van der Waals surface area contributed by atoms with Gasteiger partial charge in [-0.15, -0.1) is 11.8 Å². The minimum Gasteiger partial charge on any atom is -0.463 e. The lowest BCUT2D eigenvalue weighted by atomic mass is 9.96. The van der Waals surface area contributed by atoms with Gasteiger partial charge < -0.3 is 52.1 Å². The lowest BCUT2D eigenvalue weighted by Crippen LogP contribution is -2.66. The Hall–Kier alpha value is -4.21. The Kier molecular flexibility index (Phi) is 20.0. The van der Waals surface area contributed by atoms with Gasteiger partial charge in [0.15, 0.2) is 36.8 Å². The highest BCUT2D eigenvalue weighted by Crippen LogP contribution is 2.38. The molecule has 2 aliphatic rings. The van der Waals surface area contributed by atoms with Crippen molar-refractivity contribution in [3.8, 4) is 0 Å². The van der Waals surface area contributed by atoms with Gasteiger partial charge in [-0.3, -0.25) is 33.6 Å². The largest absolute Gasteiger partial charge is 0.463 e. The van der Waals surface area contributed by atoms with Crippen LogP contribution in [0.1, 0.15) is 61.3 Å². The zero-order valence-corrected chi connectivity index (χ0v) is 31.8. The molecule has 0 aliphatic carbocycles. The average molecular weight is 794 g/mol. The highest BCUT2D eigenvalue weighted by molar-refractivity contribution is 7.99. The molecule has 10 atom stereocenters. The van der Waals surface area contributed by atoms with Gasteiger partial charge in [-0.05, 0) is 24.1 Å². The van der Waals surface area contributed by atoms with E-state index in [1.807, 2.05) is 0 Å². The van der Waals surface area contributed by atoms with Gasteiger partial charge in [0.05, 0.1) is 0 Å². The maximum Gasteiger partial charge on any atom is 0.303 e. The summed E-state index contributed by atoms with van der Waals surface area (Å²) in [6, 6.07) is 0. The smallest absolute Gasteiger partial charge is 0.303 e. The molecule has 22 heteroatoms. The summed E-state index contributed by atoms with van der Waals surface area (Å²) in [5.41, 5.74) is 7.36. The zero-order chi connectivity index (χ0) is 40.4. The second kappa shape index (κ2) is 23.5. The number of nitrogens with zero attached hydrogens (tertiary/aromatic N) is 3. The summed E-state index contributed by atoms with van der Waals surface area (Å²) < 4.78 is 62.4. The maximum atomic E-state index is 12.6. The number of hydrogen-bond donors (Lipinski definition) is 0. The molecule has 2 saturated heterocycles. The first kappa shape index (κ1) is 45.9. The van der Waals surface area contributed by atoms with Crippen LogP contribution in [-0.2, 0) is 85.7 Å². The number of carbonyl (C=O) groups excluding carboxylic acids is 7. The summed E-state index contributed by atoms with van der Waals surface area (Å²) >= 11 is 1.18. The Balaban J connectivity index is 2.57. The highest BCUT2D eigenvalue weighted by Gasteiger charge is 2.57. The van der Waals surface area contributed by atoms with Gasteiger partial charge in [0.1, 0.15) is 37.0 Å². The lowest BCUT2D eigenvalue weighted by molar-refractivity contribution is -0.341. The minimum atomic E-state index is -1.77. The van der Waals surface area contributed by atoms with Crippen LogP contribution in [-0.4, -0.2) is 141 Å². The van der Waals surface area contributed by atoms with Crippen LogP contribution in [0.15, 0.2) is 5.11 Å². The van der Waals surface area contributed by atoms with E-state index in [9.17, 15) is 33.6 Å². The van der Waals surface area contributed by atoms with Crippen LogP contribution in [0.5, 0.6) is 0 Å². The van der Waals surface area contributed by atoms with Crippen LogP contribution in [0.25, 0.3) is 10.4 Å². The third-order valence-electron chi connectivity index (χ3n) is 7.21. The van der Waals surface area contributed by atoms with E-state index in [2.05, 4.69) is 10.0 Å². The van der Waals surface area contributed by atoms with E-state index in [0.717, 1.165) is 48.5 Å². The molecule has 0 spiro atoms. The molecular formula is C32H47N3O18S. The van der Waals surface area contributed by atoms with Crippen LogP contribution < -0.4 is 0 Å². The van der Waals surface area contributed by atoms with E-state index in [1.54, 1.807) is 0 Å². The van der Waals surface area contributed by atoms with Crippen molar-refractivity contribution in [2.24, 2.45) is 5.11 Å². The molecule has 0 unspecified atom stereocenters. The second-order valence-electron chi connectivity index (χ2n) is 11.8. The van der Waals surface area contributed by atoms with Crippen molar-refractivity contribution in [3.05, 3.63) is 10.4 Å². The molecule has 0 aromatic rings. The summed E-state index contributed by atoms with van der Waals surface area (Å²) in [6.07, 6.45) is -12.5. The number of ether oxygens (including phenoxy) is 11. The van der Waals surface area contributed by atoms with E-state index < -0.39 is 116 Å². The van der Waals surface area contributed by atoms with Crippen molar-refractivity contribution < 1.29 is 85.7 Å². The van der Waals surface area contributed by atoms with Crippen molar-refractivity contribution in [1.29, 1.82) is 0 Å². The molecule has 2 rings (SSSR count). The van der Waals surface area contributed by atoms with Gasteiger partial charge in [0.25, 0.3) is 0 Å². The van der Waals surface area contributed by atoms with E-state index in [-0.39, 0.29) is 6.54 Å². The molecule has 0 amide bonds. The molecule has 21 nitrogen and oxygen atoms in total. The maximum absolute atomic E-state index is 12.6. The van der Waals surface area contributed by atoms with Gasteiger partial charge >= 0.3 is 41.8 Å². The third kappa shape index (κ3) is 16.0. The third-order valence-corrected chi connectivity index (χ3v) is 8.44. The van der Waals surface area contributed by atoms with Crippen LogP contribution in [0.3, 0.4) is 0 Å². The van der Waals surface area contributed by atoms with Gasteiger partial charge in [0.2, 0.25) is 0 Å². The Morgan fingerprint density at radius 1 is 0.593 bits per heavy atom. The molecule has 304 valence electrons. The van der Waals surface area contributed by atoms with Gasteiger partial charge in [-0.1, -0.05) is 5.11 Å². The van der Waals surface area contributed by atoms with E-state index in [1.165, 1.54) is 11.8 Å². The number of rotatable bonds is 20. The fourth-order valence-electron chi connectivity index (χ4n) is 5.35. The molecule has 0 saturated carbocycles. The average Bonchev–Trinajstić information content (AvgIpc) is 3.06. The van der Waals surface area contributed by atoms with Crippen LogP contribution in [0, 0.1) is 0 Å². The Labute approximate surface area is 315 Å². The van der Waals surface area contributed by atoms with Crippen LogP contribution in [0.4, 0.5) is 0 Å². The predicted molar refractivity (Wildman–Crippen MR) is 180 cm³/mol. The number of esters is 7. The monoisotopic (exact) mass is 793 g/mol. The van der Waals surface area contributed by atoms with Crippen molar-refractivity contribution in [2.45, 2.75) is 122 Å². The topological polar surface area (TPSA) is 270 Å². The fourth-order valence-corrected chi connectivity index (χ4v) is 6.49. The summed E-state index contributed by atoms with van der Waals surface area (Å²) in [4.78, 5) is 88.3. The van der Waals surface area contributed by atoms with Crippen molar-refractivity contribution in [2.75, 3.05) is 38.7 Å². The molecular weight excluding hydrogens is 746 g/mol. The molecule has 2 heterocycles. The highest BCUT2D eigenvalue weighted by atomic mass is 32.2. The zero-order valence-electron chi connectivity index (χ0n) is 31.0. The quantitative estimate of drug-likeness (QED) is 0.0421. The normalized spacial score (nSPS) is 27.6. The minimum absolute atomic E-state index is 0.285. The molecule has 2 fully saturated rings. The molecule has 0 aromatic heterocycles. The van der Waals surface area contributed by atoms with Crippen LogP contribution in [0.2, 0.25) is 0 Å². The fraction of sp³-hybridized carbons (Fsp3) is 0.781. The Morgan fingerprint density at radius 2 is 1.06 bits per heavy atom. The van der Waals surface area contributed by atoms with Crippen molar-refractivity contribution >= 4 is 53.5 Å². The molecule has 54 heavy (non-hydrogen) atoms. The van der Waals surface area contributed by atoms with Crippen molar-refractivity contribution in [1.82, 2.24) is 0 Å². The Bertz CT molecular complexity index is 1360. The van der Waals surface area contributed by atoms with E-state index >= 15 is 0 Å². The summed E-state index contributed by atoms with van der Waals surface area (Å²) in [7, 11) is 0. The lowest BCUT2D eigenvalue weighted by Gasteiger charge is -2.48. The first-order chi connectivity index (χ1) is 25.5. The number of hydrogen-bond acceptors (Lipinski definition) is 20. The Morgan fingerprint density at radius 3 is 1.57 bits per heavy atom. The number of carbonyl (C=O) groups is 7. The first-order valence-electron chi connectivity index (χ1n) is 16.8. The van der Waals surface area contributed by atoms with Gasteiger partial charge in [-0.25, -0.2) is 0 Å². The SMILES string of the molecule is CC(=O)OC[C@H]1O[C@@H](O[C@H]2[C@H](OC(C)=O)[C@@H](OC(C)=O)[C@H](SCCCOCCCN=[N+]=[N-])O[C@@H]2COC(C)=O)[C@H](OC(C)=O)[C@@H](OC(C)=O)[C@H]1OC(C)=O. The number of thioether (sulfide) groups is 1. The summed E-state index contributed by atoms with van der Waals surface area (Å²) in [5.74, 6) is -5.33. The van der Waals surface area contributed by atoms with Gasteiger partial charge in [0, 0.05) is 73.1 Å². The van der Waals surface area contributed by atoms with E-state index in [4.69, 9.17) is 57.6 Å². The molecule has 0 bridgehead atoms. The van der Waals surface area contributed by atoms with E-state index in [0.29, 0.717) is 31.8 Å². The van der Waals surface area contributed by atoms with Crippen LogP contribution >= 0.6 is 11.8 Å². The first-order valence-corrected chi connectivity index (χ1v) is 17.9. The molecule has 0 N–H and O–H groups in total. The molecule has 0 aromatic carbocycles. The van der Waals surface area contributed by atoms with Gasteiger partial charge in [-0.2, -0.15) is 0 Å². The number of azide groups is 1. The van der Waals surface area contributed by atoms with Crippen molar-refractivity contribution in [3.63, 3.8) is 0 Å². The summed E-state index contributed by atoms with van der Waals surface area (Å²) in [6.45, 7) is 7.53. The standard InChI is InChI=1S/C32H47N3O18S/c1-16(36)44-14-23-25(46-18(3)38)27(47-19(4)39)29(49-21(6)41)31(51-23)53-26-24(15-45-17(2)37)52-32(30(50-22(7)42)28(26)48-20(5)40)54-13-9-12-43-11-8-10-34-35-33/h23-32H,8-15H2,1-7H3/t23-,24-,25+,26-,27+,28+,29-,30-,31+,32+/m1/s1. The second-order valence-corrected chi connectivity index (χ2v) is 13.0. The predicted octanol–water partition coefficient (Wildman–Crippen LogP) is 1.45. The molecule has 0 radical (unpaired) electrons. The molecule has 2 aliphatic heterocycles.